The molecule has 1 aliphatic heterocycles. The summed E-state index contributed by atoms with van der Waals surface area (Å²) in [7, 11) is 0. The van der Waals surface area contributed by atoms with Gasteiger partial charge in [0.2, 0.25) is 0 Å². The van der Waals surface area contributed by atoms with Crippen LogP contribution in [0.2, 0.25) is 0 Å². The van der Waals surface area contributed by atoms with E-state index < -0.39 is 0 Å². The molecule has 0 fully saturated rings. The minimum atomic E-state index is -0.368. The van der Waals surface area contributed by atoms with Gasteiger partial charge >= 0.3 is 0 Å². The van der Waals surface area contributed by atoms with Gasteiger partial charge in [0.1, 0.15) is 0 Å². The Kier molecular flexibility index (Phi) is 2.47. The minimum Gasteiger partial charge on any atom is -0.197 e. The summed E-state index contributed by atoms with van der Waals surface area (Å²) in [6.45, 7) is 1.99. The Hall–Kier alpha value is -1.38. The molecule has 1 aliphatic rings. The summed E-state index contributed by atoms with van der Waals surface area (Å²) in [6, 6.07) is 8.35. The fourth-order valence-corrected chi connectivity index (χ4v) is 3.13. The molecule has 0 saturated heterocycles. The number of rotatable bonds is 0. The highest BCUT2D eigenvalue weighted by Crippen LogP contribution is 2.41. The van der Waals surface area contributed by atoms with Crippen LogP contribution in [0.4, 0.5) is 0 Å². The monoisotopic (exact) mass is 213 g/mol. The summed E-state index contributed by atoms with van der Waals surface area (Å²) < 4.78 is 0. The van der Waals surface area contributed by atoms with Gasteiger partial charge in [0.05, 0.1) is 11.5 Å². The summed E-state index contributed by atoms with van der Waals surface area (Å²) in [5.74, 6) is 3.63. The van der Waals surface area contributed by atoms with Crippen LogP contribution in [0.5, 0.6) is 0 Å². The van der Waals surface area contributed by atoms with E-state index in [0.29, 0.717) is 0 Å². The molecule has 74 valence electrons. The lowest BCUT2D eigenvalue weighted by Gasteiger charge is -2.29. The predicted octanol–water partition coefficient (Wildman–Crippen LogP) is 2.94. The van der Waals surface area contributed by atoms with Crippen LogP contribution in [0.25, 0.3) is 0 Å². The zero-order chi connectivity index (χ0) is 10.9. The Morgan fingerprint density at radius 3 is 3.00 bits per heavy atom. The number of hydrogen-bond acceptors (Lipinski definition) is 2. The molecule has 1 nitrogen and oxygen atoms in total. The SMILES string of the molecule is C#Cc1ccc2c(c1)C(C)(C#N)CCS2. The second-order valence-electron chi connectivity index (χ2n) is 3.90. The third-order valence-corrected chi connectivity index (χ3v) is 3.92. The smallest absolute Gasteiger partial charge is 0.0813 e. The zero-order valence-electron chi connectivity index (χ0n) is 8.58. The third kappa shape index (κ3) is 1.62. The van der Waals surface area contributed by atoms with E-state index in [4.69, 9.17) is 6.42 Å². The predicted molar refractivity (Wildman–Crippen MR) is 62.7 cm³/mol. The number of fused-ring (bicyclic) bond motifs is 1. The number of nitriles is 1. The van der Waals surface area contributed by atoms with Gasteiger partial charge in [0.25, 0.3) is 0 Å². The van der Waals surface area contributed by atoms with Gasteiger partial charge in [-0.05, 0) is 42.9 Å². The van der Waals surface area contributed by atoms with E-state index in [0.717, 1.165) is 23.3 Å². The molecule has 0 N–H and O–H groups in total. The molecule has 1 heterocycles. The molecule has 1 unspecified atom stereocenters. The van der Waals surface area contributed by atoms with E-state index in [1.807, 2.05) is 25.1 Å². The van der Waals surface area contributed by atoms with Crippen molar-refractivity contribution in [3.05, 3.63) is 29.3 Å². The first-order chi connectivity index (χ1) is 7.19. The number of nitrogens with zero attached hydrogens (tertiary/aromatic N) is 1. The third-order valence-electron chi connectivity index (χ3n) is 2.85. The van der Waals surface area contributed by atoms with Crippen molar-refractivity contribution in [2.24, 2.45) is 0 Å². The van der Waals surface area contributed by atoms with E-state index in [-0.39, 0.29) is 5.41 Å². The summed E-state index contributed by atoms with van der Waals surface area (Å²) in [5.41, 5.74) is 1.59. The quantitative estimate of drug-likeness (QED) is 0.619. The van der Waals surface area contributed by atoms with Crippen molar-refractivity contribution in [3.8, 4) is 18.4 Å². The van der Waals surface area contributed by atoms with E-state index in [9.17, 15) is 5.26 Å². The van der Waals surface area contributed by atoms with Crippen LogP contribution in [0.15, 0.2) is 23.1 Å². The largest absolute Gasteiger partial charge is 0.197 e. The Balaban J connectivity index is 2.61. The number of thioether (sulfide) groups is 1. The van der Waals surface area contributed by atoms with Crippen molar-refractivity contribution >= 4 is 11.8 Å². The molecule has 0 aromatic heterocycles. The average Bonchev–Trinajstić information content (AvgIpc) is 2.29. The maximum absolute atomic E-state index is 9.25. The summed E-state index contributed by atoms with van der Waals surface area (Å²) >= 11 is 1.81. The highest BCUT2D eigenvalue weighted by atomic mass is 32.2. The van der Waals surface area contributed by atoms with Crippen LogP contribution in [0.3, 0.4) is 0 Å². The van der Waals surface area contributed by atoms with Gasteiger partial charge in [0, 0.05) is 10.5 Å². The Labute approximate surface area is 94.5 Å². The van der Waals surface area contributed by atoms with Crippen LogP contribution in [0, 0.1) is 23.7 Å². The molecule has 1 atom stereocenters. The first-order valence-corrected chi connectivity index (χ1v) is 5.83. The van der Waals surface area contributed by atoms with Crippen molar-refractivity contribution in [1.82, 2.24) is 0 Å². The van der Waals surface area contributed by atoms with E-state index in [1.54, 1.807) is 11.8 Å². The second kappa shape index (κ2) is 3.65. The van der Waals surface area contributed by atoms with Crippen molar-refractivity contribution in [2.75, 3.05) is 5.75 Å². The van der Waals surface area contributed by atoms with Crippen LogP contribution >= 0.6 is 11.8 Å². The van der Waals surface area contributed by atoms with Gasteiger partial charge in [-0.25, -0.2) is 0 Å². The molecule has 0 amide bonds. The lowest BCUT2D eigenvalue weighted by Crippen LogP contribution is -2.24. The van der Waals surface area contributed by atoms with Gasteiger partial charge in [-0.15, -0.1) is 18.2 Å². The molecule has 1 aromatic rings. The van der Waals surface area contributed by atoms with Gasteiger partial charge in [-0.3, -0.25) is 0 Å². The van der Waals surface area contributed by atoms with E-state index in [2.05, 4.69) is 12.0 Å². The summed E-state index contributed by atoms with van der Waals surface area (Å²) in [4.78, 5) is 1.20. The molecule has 15 heavy (non-hydrogen) atoms. The van der Waals surface area contributed by atoms with Crippen LogP contribution < -0.4 is 0 Å². The van der Waals surface area contributed by atoms with Gasteiger partial charge < -0.3 is 0 Å². The lowest BCUT2D eigenvalue weighted by atomic mass is 9.80. The Morgan fingerprint density at radius 2 is 2.33 bits per heavy atom. The van der Waals surface area contributed by atoms with Crippen LogP contribution in [0.1, 0.15) is 24.5 Å². The average molecular weight is 213 g/mol. The first-order valence-electron chi connectivity index (χ1n) is 4.85. The standard InChI is InChI=1S/C13H11NS/c1-3-10-4-5-12-11(8-10)13(2,9-14)6-7-15-12/h1,4-5,8H,6-7H2,2H3. The van der Waals surface area contributed by atoms with Crippen LogP contribution in [-0.4, -0.2) is 5.75 Å². The molecule has 1 aromatic carbocycles. The summed E-state index contributed by atoms with van der Waals surface area (Å²) in [6.07, 6.45) is 6.27. The fourth-order valence-electron chi connectivity index (χ4n) is 1.79. The highest BCUT2D eigenvalue weighted by Gasteiger charge is 2.32. The topological polar surface area (TPSA) is 23.8 Å². The second-order valence-corrected chi connectivity index (χ2v) is 5.03. The number of terminal acetylenes is 1. The fraction of sp³-hybridized carbons (Fsp3) is 0.308. The Bertz CT molecular complexity index is 478. The minimum absolute atomic E-state index is 0.368. The molecule has 0 radical (unpaired) electrons. The number of hydrogen-bond donors (Lipinski definition) is 0. The summed E-state index contributed by atoms with van der Waals surface area (Å²) in [5, 5.41) is 9.25. The molecule has 2 rings (SSSR count). The first kappa shape index (κ1) is 10.1. The number of benzene rings is 1. The van der Waals surface area contributed by atoms with Crippen molar-refractivity contribution in [2.45, 2.75) is 23.7 Å². The molecular formula is C13H11NS. The van der Waals surface area contributed by atoms with Gasteiger partial charge in [-0.1, -0.05) is 5.92 Å². The zero-order valence-corrected chi connectivity index (χ0v) is 9.40. The van der Waals surface area contributed by atoms with Gasteiger partial charge in [0.15, 0.2) is 0 Å². The molecule has 0 spiro atoms. The molecule has 0 saturated carbocycles. The highest BCUT2D eigenvalue weighted by molar-refractivity contribution is 7.99. The van der Waals surface area contributed by atoms with Crippen molar-refractivity contribution in [1.29, 1.82) is 5.26 Å². The molecule has 2 heteroatoms. The maximum Gasteiger partial charge on any atom is 0.0813 e. The van der Waals surface area contributed by atoms with Crippen molar-refractivity contribution < 1.29 is 0 Å². The molecule has 0 aliphatic carbocycles. The maximum atomic E-state index is 9.25. The van der Waals surface area contributed by atoms with E-state index >= 15 is 0 Å². The van der Waals surface area contributed by atoms with E-state index in [1.165, 1.54) is 4.90 Å². The van der Waals surface area contributed by atoms with Crippen LogP contribution in [-0.2, 0) is 5.41 Å². The normalized spacial score (nSPS) is 23.7. The molecule has 0 bridgehead atoms. The van der Waals surface area contributed by atoms with Crippen molar-refractivity contribution in [3.63, 3.8) is 0 Å². The lowest BCUT2D eigenvalue weighted by molar-refractivity contribution is 0.572. The Morgan fingerprint density at radius 1 is 1.53 bits per heavy atom. The molecular weight excluding hydrogens is 202 g/mol. The van der Waals surface area contributed by atoms with Gasteiger partial charge in [-0.2, -0.15) is 5.26 Å².